The molecule has 0 fully saturated rings. The fraction of sp³-hybridized carbons (Fsp3) is 0.235. The molecule has 0 amide bonds. The van der Waals surface area contributed by atoms with Gasteiger partial charge in [0.15, 0.2) is 0 Å². The SMILES string of the molecule is COC(=O)C[C@H](NS(=O)(=O)c1ccc(OC)cc1)c1ccc(Br)cc1. The van der Waals surface area contributed by atoms with E-state index in [9.17, 15) is 13.2 Å². The lowest BCUT2D eigenvalue weighted by molar-refractivity contribution is -0.141. The Morgan fingerprint density at radius 1 is 1.08 bits per heavy atom. The highest BCUT2D eigenvalue weighted by Gasteiger charge is 2.24. The zero-order chi connectivity index (χ0) is 18.4. The van der Waals surface area contributed by atoms with Crippen LogP contribution < -0.4 is 9.46 Å². The Balaban J connectivity index is 2.30. The second-order valence-electron chi connectivity index (χ2n) is 5.18. The van der Waals surface area contributed by atoms with Crippen LogP contribution in [-0.2, 0) is 19.6 Å². The normalized spacial score (nSPS) is 12.4. The van der Waals surface area contributed by atoms with E-state index in [1.807, 2.05) is 0 Å². The van der Waals surface area contributed by atoms with Crippen LogP contribution in [-0.4, -0.2) is 28.6 Å². The molecule has 8 heteroatoms. The van der Waals surface area contributed by atoms with Crippen molar-refractivity contribution < 1.29 is 22.7 Å². The molecule has 2 aromatic carbocycles. The summed E-state index contributed by atoms with van der Waals surface area (Å²) >= 11 is 3.33. The molecule has 0 aliphatic carbocycles. The molecule has 0 bridgehead atoms. The van der Waals surface area contributed by atoms with Crippen LogP contribution in [0.25, 0.3) is 0 Å². The first-order chi connectivity index (χ1) is 11.9. The first-order valence-corrected chi connectivity index (χ1v) is 9.62. The molecule has 25 heavy (non-hydrogen) atoms. The zero-order valence-electron chi connectivity index (χ0n) is 13.7. The molecule has 2 rings (SSSR count). The fourth-order valence-electron chi connectivity index (χ4n) is 2.18. The van der Waals surface area contributed by atoms with E-state index >= 15 is 0 Å². The van der Waals surface area contributed by atoms with Crippen molar-refractivity contribution in [2.24, 2.45) is 0 Å². The van der Waals surface area contributed by atoms with Crippen LogP contribution in [0.15, 0.2) is 57.9 Å². The van der Waals surface area contributed by atoms with Gasteiger partial charge in [-0.15, -0.1) is 0 Å². The third kappa shape index (κ3) is 5.29. The average molecular weight is 428 g/mol. The molecule has 0 aromatic heterocycles. The molecular weight excluding hydrogens is 410 g/mol. The van der Waals surface area contributed by atoms with E-state index in [2.05, 4.69) is 25.4 Å². The van der Waals surface area contributed by atoms with E-state index in [-0.39, 0.29) is 11.3 Å². The van der Waals surface area contributed by atoms with Crippen LogP contribution in [0, 0.1) is 0 Å². The van der Waals surface area contributed by atoms with Gasteiger partial charge in [-0.25, -0.2) is 13.1 Å². The fourth-order valence-corrected chi connectivity index (χ4v) is 3.67. The standard InChI is InChI=1S/C17H18BrNO5S/c1-23-14-7-9-15(10-8-14)25(21,22)19-16(11-17(20)24-2)12-3-5-13(18)6-4-12/h3-10,16,19H,11H2,1-2H3/t16-/m0/s1. The van der Waals surface area contributed by atoms with Gasteiger partial charge in [-0.05, 0) is 42.0 Å². The van der Waals surface area contributed by atoms with E-state index in [1.54, 1.807) is 36.4 Å². The molecule has 0 aliphatic rings. The molecular formula is C17H18BrNO5S. The molecule has 0 aliphatic heterocycles. The number of carbonyl (C=O) groups excluding carboxylic acids is 1. The van der Waals surface area contributed by atoms with Gasteiger partial charge in [-0.1, -0.05) is 28.1 Å². The lowest BCUT2D eigenvalue weighted by Crippen LogP contribution is -2.30. The summed E-state index contributed by atoms with van der Waals surface area (Å²) in [5.41, 5.74) is 0.658. The Morgan fingerprint density at radius 2 is 1.68 bits per heavy atom. The van der Waals surface area contributed by atoms with Crippen molar-refractivity contribution in [3.8, 4) is 5.75 Å². The Hall–Kier alpha value is -1.90. The van der Waals surface area contributed by atoms with Gasteiger partial charge in [0.1, 0.15) is 5.75 Å². The number of esters is 1. The number of halogens is 1. The van der Waals surface area contributed by atoms with E-state index in [0.29, 0.717) is 11.3 Å². The number of benzene rings is 2. The summed E-state index contributed by atoms with van der Waals surface area (Å²) in [6.07, 6.45) is -0.118. The molecule has 0 heterocycles. The van der Waals surface area contributed by atoms with Gasteiger partial charge in [-0.2, -0.15) is 0 Å². The summed E-state index contributed by atoms with van der Waals surface area (Å²) in [7, 11) is -1.06. The summed E-state index contributed by atoms with van der Waals surface area (Å²) in [6.45, 7) is 0. The molecule has 134 valence electrons. The third-order valence-corrected chi connectivity index (χ3v) is 5.55. The second kappa shape index (κ2) is 8.46. The number of sulfonamides is 1. The zero-order valence-corrected chi connectivity index (χ0v) is 16.1. The smallest absolute Gasteiger partial charge is 0.307 e. The molecule has 0 saturated carbocycles. The van der Waals surface area contributed by atoms with Crippen molar-refractivity contribution in [2.45, 2.75) is 17.4 Å². The number of methoxy groups -OCH3 is 2. The summed E-state index contributed by atoms with van der Waals surface area (Å²) < 4.78 is 38.4. The van der Waals surface area contributed by atoms with Gasteiger partial charge in [0.2, 0.25) is 10.0 Å². The summed E-state index contributed by atoms with van der Waals surface area (Å²) in [4.78, 5) is 11.8. The maximum Gasteiger partial charge on any atom is 0.307 e. The number of hydrogen-bond donors (Lipinski definition) is 1. The van der Waals surface area contributed by atoms with Crippen LogP contribution >= 0.6 is 15.9 Å². The molecule has 0 unspecified atom stereocenters. The van der Waals surface area contributed by atoms with Gasteiger partial charge >= 0.3 is 5.97 Å². The van der Waals surface area contributed by atoms with E-state index in [4.69, 9.17) is 4.74 Å². The van der Waals surface area contributed by atoms with E-state index in [1.165, 1.54) is 26.4 Å². The summed E-state index contributed by atoms with van der Waals surface area (Å²) in [5.74, 6) is 0.0447. The van der Waals surface area contributed by atoms with E-state index < -0.39 is 22.0 Å². The Labute approximate surface area is 155 Å². The summed E-state index contributed by atoms with van der Waals surface area (Å²) in [5, 5.41) is 0. The van der Waals surface area contributed by atoms with Gasteiger partial charge in [0.25, 0.3) is 0 Å². The molecule has 2 aromatic rings. The Morgan fingerprint density at radius 3 is 2.20 bits per heavy atom. The second-order valence-corrected chi connectivity index (χ2v) is 7.81. The van der Waals surface area contributed by atoms with Gasteiger partial charge in [-0.3, -0.25) is 4.79 Å². The quantitative estimate of drug-likeness (QED) is 0.686. The predicted octanol–water partition coefficient (Wildman–Crippen LogP) is 3.04. The monoisotopic (exact) mass is 427 g/mol. The lowest BCUT2D eigenvalue weighted by atomic mass is 10.1. The lowest BCUT2D eigenvalue weighted by Gasteiger charge is -2.18. The van der Waals surface area contributed by atoms with Crippen molar-refractivity contribution in [3.05, 3.63) is 58.6 Å². The average Bonchev–Trinajstić information content (AvgIpc) is 2.61. The van der Waals surface area contributed by atoms with Gasteiger partial charge in [0, 0.05) is 4.47 Å². The molecule has 1 N–H and O–H groups in total. The van der Waals surface area contributed by atoms with Gasteiger partial charge in [0.05, 0.1) is 31.6 Å². The van der Waals surface area contributed by atoms with Crippen molar-refractivity contribution in [1.29, 1.82) is 0 Å². The predicted molar refractivity (Wildman–Crippen MR) is 96.8 cm³/mol. The van der Waals surface area contributed by atoms with Crippen LogP contribution in [0.5, 0.6) is 5.75 Å². The first-order valence-electron chi connectivity index (χ1n) is 7.34. The van der Waals surface area contributed by atoms with Crippen LogP contribution in [0.1, 0.15) is 18.0 Å². The molecule has 0 saturated heterocycles. The minimum Gasteiger partial charge on any atom is -0.497 e. The van der Waals surface area contributed by atoms with Gasteiger partial charge < -0.3 is 9.47 Å². The number of rotatable bonds is 7. The molecule has 0 radical (unpaired) electrons. The third-order valence-electron chi connectivity index (χ3n) is 3.54. The molecule has 6 nitrogen and oxygen atoms in total. The maximum absolute atomic E-state index is 12.6. The van der Waals surface area contributed by atoms with Crippen LogP contribution in [0.2, 0.25) is 0 Å². The Bertz CT molecular complexity index is 819. The van der Waals surface area contributed by atoms with Crippen molar-refractivity contribution >= 4 is 31.9 Å². The molecule has 0 spiro atoms. The first kappa shape index (κ1) is 19.4. The molecule has 1 atom stereocenters. The maximum atomic E-state index is 12.6. The van der Waals surface area contributed by atoms with Crippen LogP contribution in [0.3, 0.4) is 0 Å². The van der Waals surface area contributed by atoms with E-state index in [0.717, 1.165) is 4.47 Å². The highest BCUT2D eigenvalue weighted by Crippen LogP contribution is 2.23. The van der Waals surface area contributed by atoms with Crippen molar-refractivity contribution in [2.75, 3.05) is 14.2 Å². The van der Waals surface area contributed by atoms with Crippen molar-refractivity contribution in [3.63, 3.8) is 0 Å². The number of carbonyl (C=O) groups is 1. The number of ether oxygens (including phenoxy) is 2. The number of hydrogen-bond acceptors (Lipinski definition) is 5. The minimum absolute atomic E-state index is 0.0836. The minimum atomic E-state index is -3.82. The topological polar surface area (TPSA) is 81.7 Å². The number of nitrogens with one attached hydrogen (secondary N) is 1. The van der Waals surface area contributed by atoms with Crippen molar-refractivity contribution in [1.82, 2.24) is 4.72 Å². The summed E-state index contributed by atoms with van der Waals surface area (Å²) in [6, 6.07) is 12.3. The largest absolute Gasteiger partial charge is 0.497 e. The van der Waals surface area contributed by atoms with Crippen LogP contribution in [0.4, 0.5) is 0 Å². The highest BCUT2D eigenvalue weighted by molar-refractivity contribution is 9.10. The highest BCUT2D eigenvalue weighted by atomic mass is 79.9. The Kier molecular flexibility index (Phi) is 6.57.